The summed E-state index contributed by atoms with van der Waals surface area (Å²) in [6.07, 6.45) is 1.17. The number of carbonyl (C=O) groups excluding carboxylic acids is 1. The van der Waals surface area contributed by atoms with Gasteiger partial charge in [-0.1, -0.05) is 54.1 Å². The van der Waals surface area contributed by atoms with Gasteiger partial charge in [-0.25, -0.2) is 15.0 Å². The van der Waals surface area contributed by atoms with E-state index in [9.17, 15) is 4.79 Å². The maximum atomic E-state index is 12.2. The zero-order valence-corrected chi connectivity index (χ0v) is 20.6. The molecule has 0 bridgehead atoms. The van der Waals surface area contributed by atoms with Gasteiger partial charge in [0.1, 0.15) is 5.01 Å². The monoisotopic (exact) mass is 471 g/mol. The number of thiazole rings is 1. The summed E-state index contributed by atoms with van der Waals surface area (Å²) in [6, 6.07) is 18.6. The molecule has 2 aromatic carbocycles. The fourth-order valence-corrected chi connectivity index (χ4v) is 4.41. The Bertz CT molecular complexity index is 1230. The lowest BCUT2D eigenvalue weighted by Crippen LogP contribution is -2.23. The van der Waals surface area contributed by atoms with Crippen molar-refractivity contribution in [2.75, 3.05) is 11.9 Å². The fraction of sp³-hybridized carbons (Fsp3) is 0.259. The van der Waals surface area contributed by atoms with Crippen LogP contribution in [0.15, 0.2) is 60.0 Å². The van der Waals surface area contributed by atoms with E-state index in [4.69, 9.17) is 4.98 Å². The molecule has 0 atom stereocenters. The number of aryl methyl sites for hydroxylation is 3. The minimum Gasteiger partial charge on any atom is -0.354 e. The Balaban J connectivity index is 1.22. The van der Waals surface area contributed by atoms with Gasteiger partial charge in [-0.2, -0.15) is 0 Å². The summed E-state index contributed by atoms with van der Waals surface area (Å²) in [4.78, 5) is 25.7. The lowest BCUT2D eigenvalue weighted by Gasteiger charge is -2.08. The van der Waals surface area contributed by atoms with Gasteiger partial charge in [-0.3, -0.25) is 4.79 Å². The number of anilines is 1. The maximum absolute atomic E-state index is 12.2. The Morgan fingerprint density at radius 1 is 0.882 bits per heavy atom. The first-order valence-corrected chi connectivity index (χ1v) is 12.3. The molecule has 174 valence electrons. The summed E-state index contributed by atoms with van der Waals surface area (Å²) in [5.74, 6) is 0.652. The number of hydrogen-bond donors (Lipinski definition) is 2. The molecular weight excluding hydrogens is 442 g/mol. The number of benzene rings is 2. The number of amides is 1. The van der Waals surface area contributed by atoms with Crippen LogP contribution in [0, 0.1) is 20.8 Å². The smallest absolute Gasteiger partial charge is 0.223 e. The molecule has 2 aromatic heterocycles. The van der Waals surface area contributed by atoms with Gasteiger partial charge in [-0.15, -0.1) is 11.3 Å². The van der Waals surface area contributed by atoms with Gasteiger partial charge < -0.3 is 10.6 Å². The minimum absolute atomic E-state index is 0.0369. The third kappa shape index (κ3) is 6.48. The third-order valence-electron chi connectivity index (χ3n) is 5.39. The molecule has 2 N–H and O–H groups in total. The van der Waals surface area contributed by atoms with Crippen LogP contribution in [0.4, 0.5) is 5.95 Å². The minimum atomic E-state index is 0.0369. The molecule has 0 unspecified atom stereocenters. The molecule has 0 aliphatic heterocycles. The van der Waals surface area contributed by atoms with Crippen LogP contribution >= 0.6 is 11.3 Å². The molecule has 0 saturated heterocycles. The quantitative estimate of drug-likeness (QED) is 0.306. The van der Waals surface area contributed by atoms with E-state index in [1.54, 1.807) is 11.3 Å². The molecule has 4 aromatic rings. The van der Waals surface area contributed by atoms with Crippen LogP contribution in [0.2, 0.25) is 0 Å². The van der Waals surface area contributed by atoms with Crippen molar-refractivity contribution in [1.29, 1.82) is 0 Å². The van der Waals surface area contributed by atoms with Crippen LogP contribution in [-0.2, 0) is 11.3 Å². The molecule has 34 heavy (non-hydrogen) atoms. The summed E-state index contributed by atoms with van der Waals surface area (Å²) < 4.78 is 0. The van der Waals surface area contributed by atoms with Gasteiger partial charge in [0.15, 0.2) is 0 Å². The Kier molecular flexibility index (Phi) is 7.65. The molecule has 0 radical (unpaired) electrons. The average Bonchev–Trinajstić information content (AvgIpc) is 3.31. The predicted molar refractivity (Wildman–Crippen MR) is 139 cm³/mol. The lowest BCUT2D eigenvalue weighted by molar-refractivity contribution is -0.121. The molecule has 1 amide bonds. The Morgan fingerprint density at radius 3 is 2.26 bits per heavy atom. The predicted octanol–water partition coefficient (Wildman–Crippen LogP) is 5.70. The van der Waals surface area contributed by atoms with Crippen molar-refractivity contribution in [3.63, 3.8) is 0 Å². The first kappa shape index (κ1) is 23.6. The summed E-state index contributed by atoms with van der Waals surface area (Å²) in [5, 5.41) is 9.26. The van der Waals surface area contributed by atoms with Gasteiger partial charge in [0.05, 0.1) is 5.69 Å². The summed E-state index contributed by atoms with van der Waals surface area (Å²) in [5.41, 5.74) is 7.37. The van der Waals surface area contributed by atoms with Crippen LogP contribution < -0.4 is 10.6 Å². The normalized spacial score (nSPS) is 10.8. The molecule has 4 rings (SSSR count). The second-order valence-electron chi connectivity index (χ2n) is 8.38. The van der Waals surface area contributed by atoms with E-state index in [-0.39, 0.29) is 5.91 Å². The average molecular weight is 472 g/mol. The van der Waals surface area contributed by atoms with E-state index in [0.29, 0.717) is 31.9 Å². The van der Waals surface area contributed by atoms with Crippen molar-refractivity contribution in [3.05, 3.63) is 82.5 Å². The van der Waals surface area contributed by atoms with Crippen LogP contribution in [0.3, 0.4) is 0 Å². The van der Waals surface area contributed by atoms with Gasteiger partial charge in [-0.05, 0) is 38.8 Å². The summed E-state index contributed by atoms with van der Waals surface area (Å²) >= 11 is 1.64. The van der Waals surface area contributed by atoms with Crippen LogP contribution in [0.25, 0.3) is 21.8 Å². The van der Waals surface area contributed by atoms with Gasteiger partial charge in [0.25, 0.3) is 0 Å². The van der Waals surface area contributed by atoms with Gasteiger partial charge in [0, 0.05) is 47.4 Å². The highest BCUT2D eigenvalue weighted by atomic mass is 32.1. The molecule has 2 heterocycles. The number of rotatable bonds is 9. The van der Waals surface area contributed by atoms with E-state index in [0.717, 1.165) is 38.8 Å². The SMILES string of the molecule is Cc1ccc(-c2csc(-c3ccc(CNC(=O)CCCNc4nc(C)cc(C)n4)cc3)n2)cc1. The standard InChI is InChI=1S/C27H29N5OS/c1-18-6-10-22(11-7-18)24-17-34-26(32-24)23-12-8-21(9-13-23)16-29-25(33)5-4-14-28-27-30-19(2)15-20(3)31-27/h6-13,15,17H,4-5,14,16H2,1-3H3,(H,29,33)(H,28,30,31). The van der Waals surface area contributed by atoms with Crippen molar-refractivity contribution < 1.29 is 4.79 Å². The second kappa shape index (κ2) is 11.0. The van der Waals surface area contributed by atoms with Crippen molar-refractivity contribution in [1.82, 2.24) is 20.3 Å². The van der Waals surface area contributed by atoms with E-state index >= 15 is 0 Å². The highest BCUT2D eigenvalue weighted by molar-refractivity contribution is 7.13. The van der Waals surface area contributed by atoms with E-state index in [1.807, 2.05) is 32.0 Å². The number of nitrogens with zero attached hydrogens (tertiary/aromatic N) is 3. The Morgan fingerprint density at radius 2 is 1.56 bits per heavy atom. The van der Waals surface area contributed by atoms with Crippen molar-refractivity contribution in [2.45, 2.75) is 40.2 Å². The second-order valence-corrected chi connectivity index (χ2v) is 9.24. The lowest BCUT2D eigenvalue weighted by atomic mass is 10.1. The van der Waals surface area contributed by atoms with Crippen molar-refractivity contribution >= 4 is 23.2 Å². The Hall–Kier alpha value is -3.58. The fourth-order valence-electron chi connectivity index (χ4n) is 3.57. The number of aromatic nitrogens is 3. The molecular formula is C27H29N5OS. The molecule has 0 fully saturated rings. The van der Waals surface area contributed by atoms with Crippen molar-refractivity contribution in [2.24, 2.45) is 0 Å². The van der Waals surface area contributed by atoms with Crippen LogP contribution in [-0.4, -0.2) is 27.4 Å². The van der Waals surface area contributed by atoms with E-state index in [2.05, 4.69) is 69.3 Å². The molecule has 0 aliphatic rings. The molecule has 0 spiro atoms. The molecule has 7 heteroatoms. The first-order valence-electron chi connectivity index (χ1n) is 11.4. The zero-order chi connectivity index (χ0) is 23.9. The van der Waals surface area contributed by atoms with Crippen molar-refractivity contribution in [3.8, 4) is 21.8 Å². The largest absolute Gasteiger partial charge is 0.354 e. The highest BCUT2D eigenvalue weighted by Gasteiger charge is 2.08. The van der Waals surface area contributed by atoms with E-state index < -0.39 is 0 Å². The molecule has 6 nitrogen and oxygen atoms in total. The number of hydrogen-bond acceptors (Lipinski definition) is 6. The molecule has 0 saturated carbocycles. The van der Waals surface area contributed by atoms with Gasteiger partial charge in [0.2, 0.25) is 11.9 Å². The Labute approximate surface area is 204 Å². The first-order chi connectivity index (χ1) is 16.5. The number of nitrogens with one attached hydrogen (secondary N) is 2. The number of carbonyl (C=O) groups is 1. The summed E-state index contributed by atoms with van der Waals surface area (Å²) in [6.45, 7) is 7.14. The van der Waals surface area contributed by atoms with Crippen LogP contribution in [0.5, 0.6) is 0 Å². The zero-order valence-electron chi connectivity index (χ0n) is 19.8. The van der Waals surface area contributed by atoms with E-state index in [1.165, 1.54) is 5.56 Å². The summed E-state index contributed by atoms with van der Waals surface area (Å²) in [7, 11) is 0. The maximum Gasteiger partial charge on any atom is 0.223 e. The topological polar surface area (TPSA) is 79.8 Å². The van der Waals surface area contributed by atoms with Crippen LogP contribution in [0.1, 0.15) is 35.4 Å². The molecule has 0 aliphatic carbocycles. The van der Waals surface area contributed by atoms with Gasteiger partial charge >= 0.3 is 0 Å². The third-order valence-corrected chi connectivity index (χ3v) is 6.28. The highest BCUT2D eigenvalue weighted by Crippen LogP contribution is 2.29.